The van der Waals surface area contributed by atoms with Crippen LogP contribution in [-0.2, 0) is 14.6 Å². The van der Waals surface area contributed by atoms with Gasteiger partial charge in [-0.05, 0) is 57.0 Å². The lowest BCUT2D eigenvalue weighted by atomic mass is 10.2. The fraction of sp³-hybridized carbons (Fsp3) is 0.438. The molecular weight excluding hydrogens is 318 g/mol. The molecule has 1 N–H and O–H groups in total. The minimum absolute atomic E-state index is 0.266. The van der Waals surface area contributed by atoms with E-state index in [4.69, 9.17) is 9.47 Å². The molecule has 23 heavy (non-hydrogen) atoms. The first kappa shape index (κ1) is 17.3. The smallest absolute Gasteiger partial charge is 0.407 e. The van der Waals surface area contributed by atoms with Crippen LogP contribution >= 0.6 is 0 Å². The van der Waals surface area contributed by atoms with E-state index in [1.807, 2.05) is 0 Å². The fourth-order valence-electron chi connectivity index (χ4n) is 1.99. The molecule has 0 fully saturated rings. The van der Waals surface area contributed by atoms with Crippen LogP contribution in [0.15, 0.2) is 28.5 Å². The molecule has 0 atom stereocenters. The van der Waals surface area contributed by atoms with E-state index in [9.17, 15) is 13.2 Å². The van der Waals surface area contributed by atoms with Crippen LogP contribution in [-0.4, -0.2) is 33.3 Å². The predicted octanol–water partition coefficient (Wildman–Crippen LogP) is 2.74. The lowest BCUT2D eigenvalue weighted by Crippen LogP contribution is -2.33. The first-order valence-electron chi connectivity index (χ1n) is 7.34. The second kappa shape index (κ2) is 6.62. The molecule has 126 valence electrons. The Morgan fingerprint density at radius 3 is 2.70 bits per heavy atom. The number of amides is 1. The van der Waals surface area contributed by atoms with Crippen LogP contribution in [0.4, 0.5) is 4.79 Å². The number of hydrogen-bond acceptors (Lipinski definition) is 5. The van der Waals surface area contributed by atoms with Gasteiger partial charge in [-0.1, -0.05) is 0 Å². The molecule has 1 amide bonds. The second-order valence-electron chi connectivity index (χ2n) is 6.18. The van der Waals surface area contributed by atoms with Crippen LogP contribution in [0.5, 0.6) is 5.75 Å². The van der Waals surface area contributed by atoms with Gasteiger partial charge in [0.05, 0.1) is 11.5 Å². The van der Waals surface area contributed by atoms with Gasteiger partial charge < -0.3 is 14.8 Å². The Morgan fingerprint density at radius 1 is 1.26 bits per heavy atom. The van der Waals surface area contributed by atoms with Gasteiger partial charge >= 0.3 is 6.09 Å². The van der Waals surface area contributed by atoms with Crippen molar-refractivity contribution in [1.82, 2.24) is 5.32 Å². The summed E-state index contributed by atoms with van der Waals surface area (Å²) in [5.74, 6) is 0.494. The molecule has 0 bridgehead atoms. The standard InChI is InChI=1S/C16H21NO5S/c1-16(2,3)22-15(18)17-8-4-9-21-13-6-5-12-7-10-23(19,20)14(12)11-13/h5-7,10-11H,4,8-9H2,1-3H3,(H,17,18). The van der Waals surface area contributed by atoms with E-state index in [0.717, 1.165) is 0 Å². The van der Waals surface area contributed by atoms with E-state index in [1.54, 1.807) is 39.0 Å². The highest BCUT2D eigenvalue weighted by Gasteiger charge is 2.21. The minimum atomic E-state index is -3.33. The van der Waals surface area contributed by atoms with Crippen LogP contribution in [0.3, 0.4) is 0 Å². The largest absolute Gasteiger partial charge is 0.493 e. The van der Waals surface area contributed by atoms with Gasteiger partial charge in [-0.3, -0.25) is 0 Å². The number of alkyl carbamates (subject to hydrolysis) is 1. The van der Waals surface area contributed by atoms with Gasteiger partial charge in [0.25, 0.3) is 0 Å². The Bertz CT molecular complexity index is 716. The normalized spacial score (nSPS) is 15.1. The summed E-state index contributed by atoms with van der Waals surface area (Å²) >= 11 is 0. The zero-order valence-corrected chi connectivity index (χ0v) is 14.3. The zero-order chi connectivity index (χ0) is 17.1. The molecule has 0 spiro atoms. The molecule has 0 aliphatic carbocycles. The van der Waals surface area contributed by atoms with Gasteiger partial charge in [-0.15, -0.1) is 0 Å². The van der Waals surface area contributed by atoms with E-state index < -0.39 is 21.5 Å². The highest BCUT2D eigenvalue weighted by Crippen LogP contribution is 2.30. The number of ether oxygens (including phenoxy) is 2. The SMILES string of the molecule is CC(C)(C)OC(=O)NCCCOc1ccc2c(c1)S(=O)(=O)C=C2. The number of hydrogen-bond donors (Lipinski definition) is 1. The van der Waals surface area contributed by atoms with Gasteiger partial charge in [0, 0.05) is 12.0 Å². The Labute approximate surface area is 136 Å². The van der Waals surface area contributed by atoms with Crippen molar-refractivity contribution in [2.24, 2.45) is 0 Å². The summed E-state index contributed by atoms with van der Waals surface area (Å²) in [7, 11) is -3.33. The first-order chi connectivity index (χ1) is 10.7. The van der Waals surface area contributed by atoms with Crippen LogP contribution in [0, 0.1) is 0 Å². The van der Waals surface area contributed by atoms with Gasteiger partial charge in [0.2, 0.25) is 9.84 Å². The topological polar surface area (TPSA) is 81.7 Å². The van der Waals surface area contributed by atoms with Crippen LogP contribution in [0.2, 0.25) is 0 Å². The maximum Gasteiger partial charge on any atom is 0.407 e. The summed E-state index contributed by atoms with van der Waals surface area (Å²) in [6, 6.07) is 4.96. The van der Waals surface area contributed by atoms with Crippen LogP contribution in [0.1, 0.15) is 32.8 Å². The van der Waals surface area contributed by atoms with Gasteiger partial charge in [0.15, 0.2) is 0 Å². The monoisotopic (exact) mass is 339 g/mol. The maximum absolute atomic E-state index is 11.8. The second-order valence-corrected chi connectivity index (χ2v) is 7.98. The molecule has 1 aromatic rings. The molecule has 0 radical (unpaired) electrons. The van der Waals surface area contributed by atoms with E-state index >= 15 is 0 Å². The number of benzene rings is 1. The van der Waals surface area contributed by atoms with Crippen molar-refractivity contribution in [3.05, 3.63) is 29.2 Å². The molecule has 1 aliphatic heterocycles. The summed E-state index contributed by atoms with van der Waals surface area (Å²) in [6.07, 6.45) is 1.69. The van der Waals surface area contributed by atoms with Crippen molar-refractivity contribution >= 4 is 22.0 Å². The number of sulfone groups is 1. The zero-order valence-electron chi connectivity index (χ0n) is 13.5. The molecule has 0 saturated carbocycles. The Kier molecular flexibility index (Phi) is 4.99. The van der Waals surface area contributed by atoms with Crippen molar-refractivity contribution in [1.29, 1.82) is 0 Å². The quantitative estimate of drug-likeness (QED) is 0.834. The molecule has 2 rings (SSSR count). The fourth-order valence-corrected chi connectivity index (χ4v) is 3.21. The number of rotatable bonds is 5. The Hall–Kier alpha value is -2.02. The minimum Gasteiger partial charge on any atom is -0.493 e. The van der Waals surface area contributed by atoms with E-state index in [-0.39, 0.29) is 4.90 Å². The average Bonchev–Trinajstić information content (AvgIpc) is 2.72. The summed E-state index contributed by atoms with van der Waals surface area (Å²) in [6.45, 7) is 6.17. The average molecular weight is 339 g/mol. The Morgan fingerprint density at radius 2 is 2.00 bits per heavy atom. The third-order valence-corrected chi connectivity index (χ3v) is 4.44. The lowest BCUT2D eigenvalue weighted by Gasteiger charge is -2.19. The Balaban J connectivity index is 1.75. The number of carbonyl (C=O) groups is 1. The van der Waals surface area contributed by atoms with Gasteiger partial charge in [-0.25, -0.2) is 13.2 Å². The van der Waals surface area contributed by atoms with Gasteiger partial charge in [-0.2, -0.15) is 0 Å². The molecule has 7 heteroatoms. The molecule has 0 aromatic heterocycles. The molecule has 1 aromatic carbocycles. The molecule has 6 nitrogen and oxygen atoms in total. The summed E-state index contributed by atoms with van der Waals surface area (Å²) in [4.78, 5) is 11.7. The maximum atomic E-state index is 11.8. The van der Waals surface area contributed by atoms with E-state index in [2.05, 4.69) is 5.32 Å². The number of fused-ring (bicyclic) bond motifs is 1. The molecule has 0 saturated heterocycles. The third-order valence-electron chi connectivity index (χ3n) is 2.98. The van der Waals surface area contributed by atoms with Crippen molar-refractivity contribution < 1.29 is 22.7 Å². The van der Waals surface area contributed by atoms with Crippen LogP contribution in [0.25, 0.3) is 6.08 Å². The molecule has 1 heterocycles. The predicted molar refractivity (Wildman–Crippen MR) is 87.0 cm³/mol. The molecule has 1 aliphatic rings. The highest BCUT2D eigenvalue weighted by molar-refractivity contribution is 7.94. The summed E-state index contributed by atoms with van der Waals surface area (Å²) in [5, 5.41) is 3.82. The highest BCUT2D eigenvalue weighted by atomic mass is 32.2. The summed E-state index contributed by atoms with van der Waals surface area (Å²) in [5.41, 5.74) is 0.147. The molecule has 0 unspecified atom stereocenters. The number of carbonyl (C=O) groups excluding carboxylic acids is 1. The number of nitrogens with one attached hydrogen (secondary N) is 1. The lowest BCUT2D eigenvalue weighted by molar-refractivity contribution is 0.0525. The van der Waals surface area contributed by atoms with E-state index in [0.29, 0.717) is 30.9 Å². The van der Waals surface area contributed by atoms with Crippen molar-refractivity contribution in [3.63, 3.8) is 0 Å². The van der Waals surface area contributed by atoms with Crippen molar-refractivity contribution in [2.45, 2.75) is 37.7 Å². The van der Waals surface area contributed by atoms with Crippen LogP contribution < -0.4 is 10.1 Å². The van der Waals surface area contributed by atoms with Crippen molar-refractivity contribution in [3.8, 4) is 5.75 Å². The van der Waals surface area contributed by atoms with Crippen molar-refractivity contribution in [2.75, 3.05) is 13.2 Å². The van der Waals surface area contributed by atoms with E-state index in [1.165, 1.54) is 11.5 Å². The summed E-state index contributed by atoms with van der Waals surface area (Å²) < 4.78 is 34.2. The molecular formula is C16H21NO5S. The first-order valence-corrected chi connectivity index (χ1v) is 8.89. The third kappa shape index (κ3) is 4.99. The van der Waals surface area contributed by atoms with Gasteiger partial charge in [0.1, 0.15) is 11.4 Å².